The van der Waals surface area contributed by atoms with Gasteiger partial charge in [-0.2, -0.15) is 0 Å². The average Bonchev–Trinajstić information content (AvgIpc) is 2.93. The van der Waals surface area contributed by atoms with E-state index in [9.17, 15) is 18.4 Å². The van der Waals surface area contributed by atoms with Gasteiger partial charge < -0.3 is 29.3 Å². The van der Waals surface area contributed by atoms with Crippen molar-refractivity contribution in [3.63, 3.8) is 0 Å². The molecule has 0 saturated carbocycles. The van der Waals surface area contributed by atoms with E-state index in [2.05, 4.69) is 14.8 Å². The van der Waals surface area contributed by atoms with Crippen LogP contribution in [0.1, 0.15) is 33.6 Å². The number of hydrogen-bond donors (Lipinski definition) is 1. The van der Waals surface area contributed by atoms with Crippen LogP contribution in [0.5, 0.6) is 11.5 Å². The first kappa shape index (κ1) is 21.9. The number of nitrogens with one attached hydrogen (secondary N) is 1. The summed E-state index contributed by atoms with van der Waals surface area (Å²) in [6, 6.07) is 3.75. The van der Waals surface area contributed by atoms with Crippen LogP contribution in [0.2, 0.25) is 0 Å². The van der Waals surface area contributed by atoms with Crippen molar-refractivity contribution in [2.45, 2.75) is 45.5 Å². The smallest absolute Gasteiger partial charge is 0.444 e. The molecule has 8 nitrogen and oxygen atoms in total. The van der Waals surface area contributed by atoms with E-state index < -0.39 is 18.0 Å². The Morgan fingerprint density at radius 1 is 1.30 bits per heavy atom. The molecule has 1 atom stereocenters. The molecule has 1 saturated heterocycles. The fraction of sp³-hybridized carbons (Fsp3) is 0.600. The molecule has 3 rings (SSSR count). The van der Waals surface area contributed by atoms with Crippen LogP contribution in [-0.4, -0.2) is 60.5 Å². The Labute approximate surface area is 174 Å². The molecule has 1 aromatic rings. The van der Waals surface area contributed by atoms with Crippen molar-refractivity contribution in [2.75, 3.05) is 32.0 Å². The Morgan fingerprint density at radius 3 is 2.70 bits per heavy atom. The van der Waals surface area contributed by atoms with E-state index in [1.807, 2.05) is 20.8 Å². The maximum Gasteiger partial charge on any atom is 0.586 e. The molecule has 1 unspecified atom stereocenters. The van der Waals surface area contributed by atoms with Gasteiger partial charge in [-0.3, -0.25) is 0 Å². The van der Waals surface area contributed by atoms with Crippen LogP contribution >= 0.6 is 0 Å². The molecule has 166 valence electrons. The number of ether oxygens (including phenoxy) is 3. The number of benzene rings is 1. The zero-order chi connectivity index (χ0) is 22.1. The second kappa shape index (κ2) is 8.16. The van der Waals surface area contributed by atoms with Crippen LogP contribution in [0.3, 0.4) is 0 Å². The standard InChI is InChI=1S/C20H27F2N3O5/c1-19(2,3)30-18(27)24(4)11-13-6-5-9-25(12-13)17(26)23-14-7-8-15-16(10-14)29-20(21,22)28-15/h7-8,10,13H,5-6,9,11-12H2,1-4H3,(H,23,26). The number of alkyl halides is 2. The molecular weight excluding hydrogens is 400 g/mol. The predicted octanol–water partition coefficient (Wildman–Crippen LogP) is 4.12. The molecule has 2 aliphatic heterocycles. The van der Waals surface area contributed by atoms with Crippen LogP contribution in [0, 0.1) is 5.92 Å². The fourth-order valence-corrected chi connectivity index (χ4v) is 3.43. The number of rotatable bonds is 3. The van der Waals surface area contributed by atoms with E-state index in [1.54, 1.807) is 11.9 Å². The number of amides is 3. The highest BCUT2D eigenvalue weighted by atomic mass is 19.3. The number of carbonyl (C=O) groups is 2. The summed E-state index contributed by atoms with van der Waals surface area (Å²) in [4.78, 5) is 28.0. The molecule has 0 bridgehead atoms. The third-order valence-electron chi connectivity index (χ3n) is 4.70. The summed E-state index contributed by atoms with van der Waals surface area (Å²) < 4.78 is 40.4. The first-order chi connectivity index (χ1) is 13.9. The van der Waals surface area contributed by atoms with Crippen LogP contribution < -0.4 is 14.8 Å². The Kier molecular flexibility index (Phi) is 5.96. The van der Waals surface area contributed by atoms with Gasteiger partial charge in [0.25, 0.3) is 0 Å². The highest BCUT2D eigenvalue weighted by molar-refractivity contribution is 5.89. The number of urea groups is 1. The lowest BCUT2D eigenvalue weighted by Crippen LogP contribution is -2.46. The number of nitrogens with zero attached hydrogens (tertiary/aromatic N) is 2. The number of hydrogen-bond acceptors (Lipinski definition) is 5. The summed E-state index contributed by atoms with van der Waals surface area (Å²) in [6.07, 6.45) is -2.42. The van der Waals surface area contributed by atoms with Crippen molar-refractivity contribution in [3.05, 3.63) is 18.2 Å². The van der Waals surface area contributed by atoms with Crippen LogP contribution in [-0.2, 0) is 4.74 Å². The fourth-order valence-electron chi connectivity index (χ4n) is 3.43. The predicted molar refractivity (Wildman–Crippen MR) is 105 cm³/mol. The number of halogens is 2. The molecule has 0 radical (unpaired) electrons. The summed E-state index contributed by atoms with van der Waals surface area (Å²) in [5.41, 5.74) is -0.244. The van der Waals surface area contributed by atoms with Gasteiger partial charge >= 0.3 is 18.4 Å². The molecule has 10 heteroatoms. The zero-order valence-corrected chi connectivity index (χ0v) is 17.5. The van der Waals surface area contributed by atoms with E-state index in [-0.39, 0.29) is 23.4 Å². The number of fused-ring (bicyclic) bond motifs is 1. The number of anilines is 1. The lowest BCUT2D eigenvalue weighted by atomic mass is 9.98. The second-order valence-electron chi connectivity index (χ2n) is 8.57. The minimum Gasteiger partial charge on any atom is -0.444 e. The van der Waals surface area contributed by atoms with Gasteiger partial charge in [-0.1, -0.05) is 0 Å². The van der Waals surface area contributed by atoms with E-state index in [4.69, 9.17) is 4.74 Å². The van der Waals surface area contributed by atoms with Gasteiger partial charge in [-0.25, -0.2) is 9.59 Å². The maximum absolute atomic E-state index is 13.1. The number of likely N-dealkylation sites (tertiary alicyclic amines) is 1. The monoisotopic (exact) mass is 427 g/mol. The van der Waals surface area contributed by atoms with E-state index in [0.29, 0.717) is 25.3 Å². The quantitative estimate of drug-likeness (QED) is 0.785. The van der Waals surface area contributed by atoms with Crippen molar-refractivity contribution in [3.8, 4) is 11.5 Å². The third kappa shape index (κ3) is 5.64. The van der Waals surface area contributed by atoms with Crippen molar-refractivity contribution in [1.29, 1.82) is 0 Å². The molecule has 3 amide bonds. The van der Waals surface area contributed by atoms with Gasteiger partial charge in [0.05, 0.1) is 0 Å². The zero-order valence-electron chi connectivity index (χ0n) is 17.5. The number of carbonyl (C=O) groups excluding carboxylic acids is 2. The molecule has 2 heterocycles. The van der Waals surface area contributed by atoms with Gasteiger partial charge in [0.2, 0.25) is 0 Å². The van der Waals surface area contributed by atoms with Gasteiger partial charge in [0.15, 0.2) is 11.5 Å². The molecule has 0 aromatic heterocycles. The summed E-state index contributed by atoms with van der Waals surface area (Å²) in [6.45, 7) is 6.94. The van der Waals surface area contributed by atoms with Gasteiger partial charge in [0, 0.05) is 38.4 Å². The molecule has 1 fully saturated rings. The van der Waals surface area contributed by atoms with Gasteiger partial charge in [-0.15, -0.1) is 8.78 Å². The van der Waals surface area contributed by atoms with Crippen molar-refractivity contribution in [2.24, 2.45) is 5.92 Å². The van der Waals surface area contributed by atoms with Crippen LogP contribution in [0.25, 0.3) is 0 Å². The van der Waals surface area contributed by atoms with Crippen LogP contribution in [0.15, 0.2) is 18.2 Å². The lowest BCUT2D eigenvalue weighted by Gasteiger charge is -2.35. The second-order valence-corrected chi connectivity index (χ2v) is 8.57. The molecule has 0 aliphatic carbocycles. The Hall–Kier alpha value is -2.78. The lowest BCUT2D eigenvalue weighted by molar-refractivity contribution is -0.286. The minimum absolute atomic E-state index is 0.0822. The Bertz CT molecular complexity index is 812. The van der Waals surface area contributed by atoms with E-state index >= 15 is 0 Å². The third-order valence-corrected chi connectivity index (χ3v) is 4.70. The largest absolute Gasteiger partial charge is 0.586 e. The first-order valence-electron chi connectivity index (χ1n) is 9.82. The molecule has 0 spiro atoms. The minimum atomic E-state index is -3.70. The molecule has 1 aromatic carbocycles. The van der Waals surface area contributed by atoms with Gasteiger partial charge in [0.1, 0.15) is 5.60 Å². The summed E-state index contributed by atoms with van der Waals surface area (Å²) >= 11 is 0. The summed E-state index contributed by atoms with van der Waals surface area (Å²) in [5.74, 6) is -0.105. The van der Waals surface area contributed by atoms with E-state index in [0.717, 1.165) is 12.8 Å². The highest BCUT2D eigenvalue weighted by Gasteiger charge is 2.43. The Morgan fingerprint density at radius 2 is 2.00 bits per heavy atom. The van der Waals surface area contributed by atoms with Gasteiger partial charge in [-0.05, 0) is 51.7 Å². The van der Waals surface area contributed by atoms with Crippen molar-refractivity contribution < 1.29 is 32.6 Å². The maximum atomic E-state index is 13.1. The average molecular weight is 427 g/mol. The van der Waals surface area contributed by atoms with Crippen molar-refractivity contribution >= 4 is 17.8 Å². The topological polar surface area (TPSA) is 80.3 Å². The molecular formula is C20H27F2N3O5. The highest BCUT2D eigenvalue weighted by Crippen LogP contribution is 2.42. The van der Waals surface area contributed by atoms with E-state index in [1.165, 1.54) is 23.1 Å². The van der Waals surface area contributed by atoms with Crippen LogP contribution in [0.4, 0.5) is 24.1 Å². The molecule has 1 N–H and O–H groups in total. The summed E-state index contributed by atoms with van der Waals surface area (Å²) in [5, 5.41) is 2.70. The Balaban J connectivity index is 1.54. The number of piperidine rings is 1. The molecule has 30 heavy (non-hydrogen) atoms. The molecule has 2 aliphatic rings. The SMILES string of the molecule is CN(CC1CCCN(C(=O)Nc2ccc3c(c2)OC(F)(F)O3)C1)C(=O)OC(C)(C)C. The van der Waals surface area contributed by atoms with Crippen molar-refractivity contribution in [1.82, 2.24) is 9.80 Å². The normalized spacial score (nSPS) is 19.9. The first-order valence-corrected chi connectivity index (χ1v) is 9.82. The summed E-state index contributed by atoms with van der Waals surface area (Å²) in [7, 11) is 1.68.